The second-order valence-electron chi connectivity index (χ2n) is 9.09. The van der Waals surface area contributed by atoms with Gasteiger partial charge in [-0.3, -0.25) is 0 Å². The second-order valence-corrected chi connectivity index (χ2v) is 9.09. The lowest BCUT2D eigenvalue weighted by molar-refractivity contribution is 0.209. The molecule has 2 aliphatic rings. The summed E-state index contributed by atoms with van der Waals surface area (Å²) in [4.78, 5) is 0. The molecule has 2 aliphatic carbocycles. The molecule has 0 radical (unpaired) electrons. The maximum atomic E-state index is 12.8. The Bertz CT molecular complexity index is 434. The highest BCUT2D eigenvalue weighted by molar-refractivity contribution is 5.11. The third-order valence-corrected chi connectivity index (χ3v) is 7.14. The second kappa shape index (κ2) is 12.5. The third-order valence-electron chi connectivity index (χ3n) is 7.14. The van der Waals surface area contributed by atoms with E-state index in [4.69, 9.17) is 5.26 Å². The van der Waals surface area contributed by atoms with Crippen LogP contribution < -0.4 is 0 Å². The zero-order chi connectivity index (χ0) is 18.6. The maximum Gasteiger partial charge on any atom is 0.196 e. The average molecular weight is 362 g/mol. The Labute approximate surface area is 161 Å². The van der Waals surface area contributed by atoms with Crippen LogP contribution in [0.2, 0.25) is 0 Å². The van der Waals surface area contributed by atoms with E-state index in [1.807, 2.05) is 0 Å². The van der Waals surface area contributed by atoms with Crippen molar-refractivity contribution in [2.45, 2.75) is 110 Å². The molecule has 0 amide bonds. The van der Waals surface area contributed by atoms with E-state index < -0.39 is 5.83 Å². The molecule has 0 aromatic rings. The summed E-state index contributed by atoms with van der Waals surface area (Å²) in [5.41, 5.74) is 0. The summed E-state index contributed by atoms with van der Waals surface area (Å²) < 4.78 is 12.8. The number of nitriles is 1. The Balaban J connectivity index is 1.52. The van der Waals surface area contributed by atoms with Crippen molar-refractivity contribution < 1.29 is 4.39 Å². The van der Waals surface area contributed by atoms with Crippen LogP contribution in [0.5, 0.6) is 0 Å². The molecule has 0 heterocycles. The summed E-state index contributed by atoms with van der Waals surface area (Å²) in [5.74, 6) is 3.13. The molecule has 0 aromatic carbocycles. The first kappa shape index (κ1) is 21.5. The molecule has 0 N–H and O–H groups in total. The van der Waals surface area contributed by atoms with Crippen molar-refractivity contribution in [2.75, 3.05) is 0 Å². The number of hydrogen-bond acceptors (Lipinski definition) is 1. The van der Waals surface area contributed by atoms with Crippen LogP contribution in [-0.2, 0) is 0 Å². The minimum atomic E-state index is -0.612. The van der Waals surface area contributed by atoms with Gasteiger partial charge in [-0.05, 0) is 42.6 Å². The predicted molar refractivity (Wildman–Crippen MR) is 108 cm³/mol. The molecule has 2 rings (SSSR count). The van der Waals surface area contributed by atoms with Crippen LogP contribution in [0.3, 0.4) is 0 Å². The van der Waals surface area contributed by atoms with E-state index in [9.17, 15) is 4.39 Å². The van der Waals surface area contributed by atoms with Gasteiger partial charge in [0.05, 0.1) is 0 Å². The summed E-state index contributed by atoms with van der Waals surface area (Å²) >= 11 is 0. The summed E-state index contributed by atoms with van der Waals surface area (Å²) in [6.07, 6.45) is 23.2. The SMILES string of the molecule is CCCCC[C@H]1CC[C@H](CC[C@H]2CC[C@H](CCC=C(F)C#N)CC2)CC1. The lowest BCUT2D eigenvalue weighted by Crippen LogP contribution is -2.18. The molecule has 2 fully saturated rings. The monoisotopic (exact) mass is 361 g/mol. The van der Waals surface area contributed by atoms with Crippen molar-refractivity contribution in [3.8, 4) is 6.07 Å². The molecule has 0 aromatic heterocycles. The Morgan fingerprint density at radius 1 is 0.808 bits per heavy atom. The lowest BCUT2D eigenvalue weighted by Gasteiger charge is -2.32. The molecule has 1 nitrogen and oxygen atoms in total. The smallest absolute Gasteiger partial charge is 0.195 e. The molecule has 0 spiro atoms. The van der Waals surface area contributed by atoms with Gasteiger partial charge in [0, 0.05) is 0 Å². The van der Waals surface area contributed by atoms with Gasteiger partial charge in [0.15, 0.2) is 5.83 Å². The van der Waals surface area contributed by atoms with E-state index in [0.29, 0.717) is 0 Å². The average Bonchev–Trinajstić information content (AvgIpc) is 2.68. The Kier molecular flexibility index (Phi) is 10.3. The maximum absolute atomic E-state index is 12.8. The van der Waals surface area contributed by atoms with Gasteiger partial charge in [-0.25, -0.2) is 0 Å². The van der Waals surface area contributed by atoms with Crippen LogP contribution in [0.4, 0.5) is 4.39 Å². The van der Waals surface area contributed by atoms with Crippen molar-refractivity contribution in [3.05, 3.63) is 11.9 Å². The number of unbranched alkanes of at least 4 members (excludes halogenated alkanes) is 2. The highest BCUT2D eigenvalue weighted by atomic mass is 19.1. The van der Waals surface area contributed by atoms with Crippen LogP contribution in [-0.4, -0.2) is 0 Å². The van der Waals surface area contributed by atoms with Gasteiger partial charge in [0.1, 0.15) is 6.07 Å². The first-order valence-electron chi connectivity index (χ1n) is 11.5. The Morgan fingerprint density at radius 3 is 1.73 bits per heavy atom. The fourth-order valence-electron chi connectivity index (χ4n) is 5.26. The van der Waals surface area contributed by atoms with Gasteiger partial charge in [-0.2, -0.15) is 9.65 Å². The van der Waals surface area contributed by atoms with Gasteiger partial charge >= 0.3 is 0 Å². The topological polar surface area (TPSA) is 23.8 Å². The van der Waals surface area contributed by atoms with Crippen LogP contribution >= 0.6 is 0 Å². The molecular formula is C24H40FN. The minimum Gasteiger partial charge on any atom is -0.195 e. The zero-order valence-electron chi connectivity index (χ0n) is 17.0. The molecular weight excluding hydrogens is 321 g/mol. The highest BCUT2D eigenvalue weighted by Crippen LogP contribution is 2.38. The van der Waals surface area contributed by atoms with Gasteiger partial charge < -0.3 is 0 Å². The van der Waals surface area contributed by atoms with Crippen LogP contribution in [0.15, 0.2) is 11.9 Å². The normalized spacial score (nSPS) is 30.1. The number of allylic oxidation sites excluding steroid dienone is 2. The first-order chi connectivity index (χ1) is 12.7. The van der Waals surface area contributed by atoms with Gasteiger partial charge in [-0.1, -0.05) is 96.8 Å². The minimum absolute atomic E-state index is 0.612. The summed E-state index contributed by atoms with van der Waals surface area (Å²) in [6, 6.07) is 1.57. The Hall–Kier alpha value is -0.840. The van der Waals surface area contributed by atoms with Crippen molar-refractivity contribution in [3.63, 3.8) is 0 Å². The van der Waals surface area contributed by atoms with Crippen LogP contribution in [0.25, 0.3) is 0 Å². The number of nitrogens with zero attached hydrogens (tertiary/aromatic N) is 1. The fraction of sp³-hybridized carbons (Fsp3) is 0.875. The molecule has 0 unspecified atom stereocenters. The summed E-state index contributed by atoms with van der Waals surface area (Å²) in [6.45, 7) is 2.30. The van der Waals surface area contributed by atoms with Crippen molar-refractivity contribution >= 4 is 0 Å². The van der Waals surface area contributed by atoms with Crippen molar-refractivity contribution in [1.82, 2.24) is 0 Å². The third kappa shape index (κ3) is 8.24. The fourth-order valence-corrected chi connectivity index (χ4v) is 5.26. The van der Waals surface area contributed by atoms with Gasteiger partial charge in [0.2, 0.25) is 0 Å². The molecule has 148 valence electrons. The lowest BCUT2D eigenvalue weighted by atomic mass is 9.74. The van der Waals surface area contributed by atoms with Crippen LogP contribution in [0.1, 0.15) is 110 Å². The highest BCUT2D eigenvalue weighted by Gasteiger charge is 2.24. The van der Waals surface area contributed by atoms with E-state index in [2.05, 4.69) is 6.92 Å². The molecule has 26 heavy (non-hydrogen) atoms. The standard InChI is InChI=1S/C24H40FN/c1-2-3-4-6-20-9-13-22(14-10-20)17-18-23-15-11-21(12-16-23)7-5-8-24(25)19-26/h8,20-23H,2-7,9-18H2,1H3/t20-,21-,22-,23-. The largest absolute Gasteiger partial charge is 0.196 e. The number of rotatable bonds is 10. The van der Waals surface area contributed by atoms with Crippen molar-refractivity contribution in [2.24, 2.45) is 23.7 Å². The molecule has 0 bridgehead atoms. The quantitative estimate of drug-likeness (QED) is 0.285. The van der Waals surface area contributed by atoms with E-state index >= 15 is 0 Å². The van der Waals surface area contributed by atoms with E-state index in [-0.39, 0.29) is 0 Å². The predicted octanol–water partition coefficient (Wildman–Crippen LogP) is 8.12. The van der Waals surface area contributed by atoms with E-state index in [1.165, 1.54) is 96.0 Å². The molecule has 2 heteroatoms. The van der Waals surface area contributed by atoms with Gasteiger partial charge in [0.25, 0.3) is 0 Å². The summed E-state index contributed by atoms with van der Waals surface area (Å²) in [5, 5.41) is 8.44. The molecule has 0 atom stereocenters. The molecule has 0 aliphatic heterocycles. The zero-order valence-corrected chi connectivity index (χ0v) is 17.0. The van der Waals surface area contributed by atoms with Gasteiger partial charge in [-0.15, -0.1) is 0 Å². The van der Waals surface area contributed by atoms with E-state index in [0.717, 1.165) is 36.5 Å². The van der Waals surface area contributed by atoms with Crippen LogP contribution in [0, 0.1) is 35.0 Å². The Morgan fingerprint density at radius 2 is 1.27 bits per heavy atom. The molecule has 2 saturated carbocycles. The first-order valence-corrected chi connectivity index (χ1v) is 11.5. The number of halogens is 1. The molecule has 0 saturated heterocycles. The van der Waals surface area contributed by atoms with Crippen molar-refractivity contribution in [1.29, 1.82) is 5.26 Å². The summed E-state index contributed by atoms with van der Waals surface area (Å²) in [7, 11) is 0. The van der Waals surface area contributed by atoms with E-state index in [1.54, 1.807) is 6.07 Å². The number of hydrogen-bond donors (Lipinski definition) is 0.